The van der Waals surface area contributed by atoms with Crippen molar-refractivity contribution in [1.82, 2.24) is 25.6 Å². The highest BCUT2D eigenvalue weighted by molar-refractivity contribution is 5.94. The van der Waals surface area contributed by atoms with Crippen LogP contribution in [-0.4, -0.2) is 33.6 Å². The van der Waals surface area contributed by atoms with Crippen molar-refractivity contribution < 1.29 is 23.1 Å². The topological polar surface area (TPSA) is 98.1 Å². The Morgan fingerprint density at radius 3 is 2.81 bits per heavy atom. The average molecular weight is 363 g/mol. The summed E-state index contributed by atoms with van der Waals surface area (Å²) in [6, 6.07) is 1.85. The van der Waals surface area contributed by atoms with E-state index in [2.05, 4.69) is 20.9 Å². The molecule has 1 aliphatic rings. The molecular weight excluding hydrogens is 348 g/mol. The molecule has 26 heavy (non-hydrogen) atoms. The van der Waals surface area contributed by atoms with E-state index in [1.54, 1.807) is 13.8 Å². The number of esters is 1. The molecule has 1 unspecified atom stereocenters. The van der Waals surface area contributed by atoms with Crippen molar-refractivity contribution in [2.24, 2.45) is 0 Å². The highest BCUT2D eigenvalue weighted by atomic mass is 19.2. The largest absolute Gasteiger partial charge is 0.463 e. The standard InChI is InChI=1S/C16H15F2N5O3/c1-3-26-15(24)13-8(2)19-16(25)20-14(13)12-7-23(22-21-12)9-4-5-10(17)11(18)6-9/h4-7,14H,3H2,1-2H3,(H2,19,20,25). The van der Waals surface area contributed by atoms with E-state index in [-0.39, 0.29) is 23.6 Å². The van der Waals surface area contributed by atoms with Crippen molar-refractivity contribution in [3.8, 4) is 5.69 Å². The van der Waals surface area contributed by atoms with Gasteiger partial charge in [0.2, 0.25) is 0 Å². The summed E-state index contributed by atoms with van der Waals surface area (Å²) < 4.78 is 32.7. The molecule has 0 radical (unpaired) electrons. The maximum absolute atomic E-state index is 13.4. The fourth-order valence-electron chi connectivity index (χ4n) is 2.56. The molecule has 8 nitrogen and oxygen atoms in total. The number of carbonyl (C=O) groups excluding carboxylic acids is 2. The van der Waals surface area contributed by atoms with Crippen molar-refractivity contribution in [2.45, 2.75) is 19.9 Å². The first-order chi connectivity index (χ1) is 12.4. The Hall–Kier alpha value is -3.30. The number of aromatic nitrogens is 3. The summed E-state index contributed by atoms with van der Waals surface area (Å²) >= 11 is 0. The van der Waals surface area contributed by atoms with Crippen LogP contribution in [0.5, 0.6) is 0 Å². The molecule has 1 aromatic carbocycles. The summed E-state index contributed by atoms with van der Waals surface area (Å²) in [7, 11) is 0. The Kier molecular flexibility index (Phi) is 4.65. The molecule has 0 spiro atoms. The van der Waals surface area contributed by atoms with Crippen LogP contribution in [0, 0.1) is 11.6 Å². The van der Waals surface area contributed by atoms with Crippen LogP contribution in [0.2, 0.25) is 0 Å². The molecule has 1 atom stereocenters. The molecule has 0 aliphatic carbocycles. The highest BCUT2D eigenvalue weighted by Gasteiger charge is 2.34. The van der Waals surface area contributed by atoms with Gasteiger partial charge in [-0.1, -0.05) is 5.21 Å². The average Bonchev–Trinajstić information content (AvgIpc) is 3.06. The van der Waals surface area contributed by atoms with Crippen LogP contribution in [0.3, 0.4) is 0 Å². The molecule has 1 aliphatic heterocycles. The Bertz CT molecular complexity index is 909. The maximum atomic E-state index is 13.4. The van der Waals surface area contributed by atoms with Gasteiger partial charge in [0.25, 0.3) is 0 Å². The van der Waals surface area contributed by atoms with Crippen LogP contribution in [0.4, 0.5) is 13.6 Å². The van der Waals surface area contributed by atoms with Crippen molar-refractivity contribution >= 4 is 12.0 Å². The van der Waals surface area contributed by atoms with Crippen LogP contribution in [0.15, 0.2) is 35.7 Å². The molecule has 2 amide bonds. The third-order valence-corrected chi connectivity index (χ3v) is 3.74. The Balaban J connectivity index is 1.98. The lowest BCUT2D eigenvalue weighted by Crippen LogP contribution is -2.45. The smallest absolute Gasteiger partial charge is 0.338 e. The van der Waals surface area contributed by atoms with Crippen LogP contribution >= 0.6 is 0 Å². The molecule has 2 aromatic rings. The van der Waals surface area contributed by atoms with Gasteiger partial charge in [0, 0.05) is 11.8 Å². The number of benzene rings is 1. The molecule has 0 fully saturated rings. The molecule has 0 saturated heterocycles. The second-order valence-electron chi connectivity index (χ2n) is 5.48. The van der Waals surface area contributed by atoms with Crippen LogP contribution in [0.1, 0.15) is 25.6 Å². The number of urea groups is 1. The molecule has 3 rings (SSSR count). The molecule has 136 valence electrons. The number of nitrogens with zero attached hydrogens (tertiary/aromatic N) is 3. The van der Waals surface area contributed by atoms with Crippen molar-refractivity contribution in [1.29, 1.82) is 0 Å². The van der Waals surface area contributed by atoms with Gasteiger partial charge in [-0.05, 0) is 26.0 Å². The number of halogens is 2. The first-order valence-corrected chi connectivity index (χ1v) is 7.73. The van der Waals surface area contributed by atoms with Gasteiger partial charge in [-0.3, -0.25) is 0 Å². The minimum atomic E-state index is -1.03. The minimum absolute atomic E-state index is 0.165. The highest BCUT2D eigenvalue weighted by Crippen LogP contribution is 2.26. The third-order valence-electron chi connectivity index (χ3n) is 3.74. The number of nitrogens with one attached hydrogen (secondary N) is 2. The number of ether oxygens (including phenoxy) is 1. The zero-order valence-electron chi connectivity index (χ0n) is 13.9. The summed E-state index contributed by atoms with van der Waals surface area (Å²) in [5.41, 5.74) is 0.997. The van der Waals surface area contributed by atoms with Gasteiger partial charge < -0.3 is 15.4 Å². The van der Waals surface area contributed by atoms with Gasteiger partial charge in [0.05, 0.1) is 24.1 Å². The lowest BCUT2D eigenvalue weighted by Gasteiger charge is -2.26. The molecule has 1 aromatic heterocycles. The predicted octanol–water partition coefficient (Wildman–Crippen LogP) is 1.74. The van der Waals surface area contributed by atoms with E-state index in [0.29, 0.717) is 5.70 Å². The van der Waals surface area contributed by atoms with Crippen LogP contribution in [0.25, 0.3) is 5.69 Å². The first kappa shape index (κ1) is 17.5. The van der Waals surface area contributed by atoms with Crippen molar-refractivity contribution in [3.63, 3.8) is 0 Å². The third kappa shape index (κ3) is 3.25. The quantitative estimate of drug-likeness (QED) is 0.807. The SMILES string of the molecule is CCOC(=O)C1=C(C)NC(=O)NC1c1cn(-c2ccc(F)c(F)c2)nn1. The Morgan fingerprint density at radius 1 is 1.35 bits per heavy atom. The molecule has 2 N–H and O–H groups in total. The number of rotatable bonds is 4. The zero-order chi connectivity index (χ0) is 18.8. The summed E-state index contributed by atoms with van der Waals surface area (Å²) in [6.45, 7) is 3.40. The number of allylic oxidation sites excluding steroid dienone is 1. The van der Waals surface area contributed by atoms with E-state index in [9.17, 15) is 18.4 Å². The summed E-state index contributed by atoms with van der Waals surface area (Å²) in [6.07, 6.45) is 1.41. The van der Waals surface area contributed by atoms with E-state index in [1.165, 1.54) is 16.9 Å². The van der Waals surface area contributed by atoms with Gasteiger partial charge in [-0.2, -0.15) is 0 Å². The predicted molar refractivity (Wildman–Crippen MR) is 85.0 cm³/mol. The second kappa shape index (κ2) is 6.90. The van der Waals surface area contributed by atoms with E-state index in [0.717, 1.165) is 12.1 Å². The minimum Gasteiger partial charge on any atom is -0.463 e. The molecule has 0 saturated carbocycles. The molecule has 10 heteroatoms. The van der Waals surface area contributed by atoms with E-state index in [4.69, 9.17) is 4.74 Å². The van der Waals surface area contributed by atoms with Crippen molar-refractivity contribution in [3.05, 3.63) is 53.0 Å². The van der Waals surface area contributed by atoms with E-state index in [1.807, 2.05) is 0 Å². The van der Waals surface area contributed by atoms with Gasteiger partial charge >= 0.3 is 12.0 Å². The number of carbonyl (C=O) groups is 2. The second-order valence-corrected chi connectivity index (χ2v) is 5.48. The van der Waals surface area contributed by atoms with Crippen LogP contribution < -0.4 is 10.6 Å². The summed E-state index contributed by atoms with van der Waals surface area (Å²) in [5, 5.41) is 12.9. The summed E-state index contributed by atoms with van der Waals surface area (Å²) in [4.78, 5) is 24.0. The fourth-order valence-corrected chi connectivity index (χ4v) is 2.56. The molecule has 2 heterocycles. The van der Waals surface area contributed by atoms with Crippen molar-refractivity contribution in [2.75, 3.05) is 6.61 Å². The number of hydrogen-bond acceptors (Lipinski definition) is 5. The zero-order valence-corrected chi connectivity index (χ0v) is 13.9. The number of hydrogen-bond donors (Lipinski definition) is 2. The van der Waals surface area contributed by atoms with Gasteiger partial charge in [-0.25, -0.2) is 23.1 Å². The fraction of sp³-hybridized carbons (Fsp3) is 0.250. The lowest BCUT2D eigenvalue weighted by molar-refractivity contribution is -0.139. The van der Waals surface area contributed by atoms with Gasteiger partial charge in [0.15, 0.2) is 11.6 Å². The number of amides is 2. The molecular formula is C16H15F2N5O3. The lowest BCUT2D eigenvalue weighted by atomic mass is 10.0. The normalized spacial score (nSPS) is 16.9. The summed E-state index contributed by atoms with van der Waals surface area (Å²) in [5.74, 6) is -2.62. The van der Waals surface area contributed by atoms with Crippen LogP contribution in [-0.2, 0) is 9.53 Å². The molecule has 0 bridgehead atoms. The first-order valence-electron chi connectivity index (χ1n) is 7.73. The van der Waals surface area contributed by atoms with Gasteiger partial charge in [-0.15, -0.1) is 5.10 Å². The van der Waals surface area contributed by atoms with Gasteiger partial charge in [0.1, 0.15) is 11.7 Å². The Morgan fingerprint density at radius 2 is 2.12 bits per heavy atom. The van der Waals surface area contributed by atoms with E-state index < -0.39 is 29.7 Å². The Labute approximate surface area is 146 Å². The van der Waals surface area contributed by atoms with E-state index >= 15 is 0 Å². The maximum Gasteiger partial charge on any atom is 0.338 e. The monoisotopic (exact) mass is 363 g/mol.